The average molecular weight is 335 g/mol. The van der Waals surface area contributed by atoms with E-state index in [2.05, 4.69) is 5.10 Å². The summed E-state index contributed by atoms with van der Waals surface area (Å²) in [5.74, 6) is -2.24. The summed E-state index contributed by atoms with van der Waals surface area (Å²) in [5.41, 5.74) is 0.729. The van der Waals surface area contributed by atoms with Crippen molar-refractivity contribution < 1.29 is 18.7 Å². The lowest BCUT2D eigenvalue weighted by atomic mass is 10.0. The number of hydrogen-bond acceptors (Lipinski definition) is 3. The standard InChI is InChI=1S/C17H19F2N3O2/c1-10(2)22-6-5-15(20-22)17(24)21-9-12(23)8-16(21)11-3-4-13(18)14(19)7-11/h3-7,10,12,16,23H,8-9H2,1-2H3. The summed E-state index contributed by atoms with van der Waals surface area (Å²) in [6.45, 7) is 4.03. The van der Waals surface area contributed by atoms with E-state index in [1.807, 2.05) is 13.8 Å². The van der Waals surface area contributed by atoms with Crippen LogP contribution in [0.4, 0.5) is 8.78 Å². The Bertz CT molecular complexity index is 760. The third-order valence-electron chi connectivity index (χ3n) is 4.22. The molecule has 2 unspecified atom stereocenters. The van der Waals surface area contributed by atoms with Gasteiger partial charge in [0.25, 0.3) is 5.91 Å². The van der Waals surface area contributed by atoms with Crippen LogP contribution in [-0.4, -0.2) is 38.3 Å². The molecular formula is C17H19F2N3O2. The highest BCUT2D eigenvalue weighted by atomic mass is 19.2. The molecule has 1 amide bonds. The van der Waals surface area contributed by atoms with E-state index in [1.54, 1.807) is 16.9 Å². The molecule has 0 aliphatic carbocycles. The molecule has 24 heavy (non-hydrogen) atoms. The van der Waals surface area contributed by atoms with Gasteiger partial charge in [-0.3, -0.25) is 9.48 Å². The molecule has 1 fully saturated rings. The van der Waals surface area contributed by atoms with Gasteiger partial charge in [0, 0.05) is 18.8 Å². The normalized spacial score (nSPS) is 20.8. The first-order chi connectivity index (χ1) is 11.4. The molecule has 7 heteroatoms. The quantitative estimate of drug-likeness (QED) is 0.938. The number of carbonyl (C=O) groups is 1. The zero-order valence-corrected chi connectivity index (χ0v) is 13.5. The fraction of sp³-hybridized carbons (Fsp3) is 0.412. The monoisotopic (exact) mass is 335 g/mol. The fourth-order valence-electron chi connectivity index (χ4n) is 2.96. The lowest BCUT2D eigenvalue weighted by Crippen LogP contribution is -2.32. The van der Waals surface area contributed by atoms with Crippen LogP contribution >= 0.6 is 0 Å². The molecule has 2 atom stereocenters. The maximum absolute atomic E-state index is 13.5. The molecule has 2 heterocycles. The predicted molar refractivity (Wildman–Crippen MR) is 83.4 cm³/mol. The minimum Gasteiger partial charge on any atom is -0.391 e. The topological polar surface area (TPSA) is 58.4 Å². The number of aliphatic hydroxyl groups excluding tert-OH is 1. The highest BCUT2D eigenvalue weighted by molar-refractivity contribution is 5.92. The van der Waals surface area contributed by atoms with E-state index < -0.39 is 23.8 Å². The Labute approximate surface area is 138 Å². The van der Waals surface area contributed by atoms with Crippen LogP contribution in [0.25, 0.3) is 0 Å². The van der Waals surface area contributed by atoms with Crippen LogP contribution in [0.15, 0.2) is 30.5 Å². The lowest BCUT2D eigenvalue weighted by Gasteiger charge is -2.24. The van der Waals surface area contributed by atoms with Crippen molar-refractivity contribution in [2.75, 3.05) is 6.54 Å². The van der Waals surface area contributed by atoms with E-state index >= 15 is 0 Å². The van der Waals surface area contributed by atoms with E-state index in [-0.39, 0.29) is 30.6 Å². The SMILES string of the molecule is CC(C)n1ccc(C(=O)N2CC(O)CC2c2ccc(F)c(F)c2)n1. The largest absolute Gasteiger partial charge is 0.391 e. The minimum atomic E-state index is -0.967. The number of likely N-dealkylation sites (tertiary alicyclic amines) is 1. The van der Waals surface area contributed by atoms with E-state index in [9.17, 15) is 18.7 Å². The van der Waals surface area contributed by atoms with E-state index in [1.165, 1.54) is 11.0 Å². The number of β-amino-alcohol motifs (C(OH)–C–C–N with tert-alkyl or cyclic N) is 1. The van der Waals surface area contributed by atoms with Crippen molar-refractivity contribution in [1.29, 1.82) is 0 Å². The van der Waals surface area contributed by atoms with E-state index in [4.69, 9.17) is 0 Å². The van der Waals surface area contributed by atoms with Crippen molar-refractivity contribution in [3.8, 4) is 0 Å². The average Bonchev–Trinajstić information content (AvgIpc) is 3.16. The number of amides is 1. The summed E-state index contributed by atoms with van der Waals surface area (Å²) in [7, 11) is 0. The van der Waals surface area contributed by atoms with Crippen LogP contribution in [0.1, 0.15) is 48.4 Å². The minimum absolute atomic E-state index is 0.123. The first kappa shape index (κ1) is 16.6. The van der Waals surface area contributed by atoms with Crippen LogP contribution in [0, 0.1) is 11.6 Å². The molecule has 2 aromatic rings. The predicted octanol–water partition coefficient (Wildman–Crippen LogP) is 2.69. The second-order valence-electron chi connectivity index (χ2n) is 6.31. The number of carbonyl (C=O) groups excluding carboxylic acids is 1. The Morgan fingerprint density at radius 2 is 2.04 bits per heavy atom. The van der Waals surface area contributed by atoms with Crippen LogP contribution in [0.3, 0.4) is 0 Å². The molecule has 0 saturated carbocycles. The van der Waals surface area contributed by atoms with Gasteiger partial charge in [-0.25, -0.2) is 8.78 Å². The van der Waals surface area contributed by atoms with Gasteiger partial charge in [0.15, 0.2) is 11.6 Å². The smallest absolute Gasteiger partial charge is 0.274 e. The zero-order chi connectivity index (χ0) is 17.4. The van der Waals surface area contributed by atoms with Crippen molar-refractivity contribution in [2.24, 2.45) is 0 Å². The molecule has 3 rings (SSSR count). The second-order valence-corrected chi connectivity index (χ2v) is 6.31. The van der Waals surface area contributed by atoms with Gasteiger partial charge in [-0.15, -0.1) is 0 Å². The molecule has 1 saturated heterocycles. The van der Waals surface area contributed by atoms with Crippen molar-refractivity contribution in [3.63, 3.8) is 0 Å². The molecule has 1 aromatic carbocycles. The molecule has 1 aliphatic heterocycles. The Morgan fingerprint density at radius 3 is 2.67 bits per heavy atom. The second kappa shape index (κ2) is 6.32. The van der Waals surface area contributed by atoms with Crippen LogP contribution in [-0.2, 0) is 0 Å². The van der Waals surface area contributed by atoms with Gasteiger partial charge >= 0.3 is 0 Å². The summed E-state index contributed by atoms with van der Waals surface area (Å²) in [6, 6.07) is 4.78. The van der Waals surface area contributed by atoms with Crippen LogP contribution < -0.4 is 0 Å². The van der Waals surface area contributed by atoms with Gasteiger partial charge in [0.2, 0.25) is 0 Å². The third-order valence-corrected chi connectivity index (χ3v) is 4.22. The number of benzene rings is 1. The number of halogens is 2. The van der Waals surface area contributed by atoms with Gasteiger partial charge in [-0.2, -0.15) is 5.10 Å². The van der Waals surface area contributed by atoms with E-state index in [0.29, 0.717) is 5.56 Å². The zero-order valence-electron chi connectivity index (χ0n) is 13.5. The Hall–Kier alpha value is -2.28. The van der Waals surface area contributed by atoms with Gasteiger partial charge in [0.05, 0.1) is 12.1 Å². The lowest BCUT2D eigenvalue weighted by molar-refractivity contribution is 0.0708. The van der Waals surface area contributed by atoms with Crippen molar-refractivity contribution in [3.05, 3.63) is 53.4 Å². The van der Waals surface area contributed by atoms with Gasteiger partial charge in [0.1, 0.15) is 5.69 Å². The number of aliphatic hydroxyl groups is 1. The van der Waals surface area contributed by atoms with Crippen LogP contribution in [0.2, 0.25) is 0 Å². The highest BCUT2D eigenvalue weighted by Gasteiger charge is 2.36. The van der Waals surface area contributed by atoms with Crippen molar-refractivity contribution in [2.45, 2.75) is 38.5 Å². The number of rotatable bonds is 3. The summed E-state index contributed by atoms with van der Waals surface area (Å²) in [4.78, 5) is 14.2. The first-order valence-electron chi connectivity index (χ1n) is 7.86. The van der Waals surface area contributed by atoms with Gasteiger partial charge < -0.3 is 10.0 Å². The molecule has 0 bridgehead atoms. The third kappa shape index (κ3) is 3.03. The number of aromatic nitrogens is 2. The molecular weight excluding hydrogens is 316 g/mol. The molecule has 1 N–H and O–H groups in total. The Morgan fingerprint density at radius 1 is 1.29 bits per heavy atom. The molecule has 128 valence electrons. The maximum atomic E-state index is 13.5. The summed E-state index contributed by atoms with van der Waals surface area (Å²) in [5, 5.41) is 14.2. The van der Waals surface area contributed by atoms with Crippen molar-refractivity contribution in [1.82, 2.24) is 14.7 Å². The summed E-state index contributed by atoms with van der Waals surface area (Å²) < 4.78 is 28.3. The first-order valence-corrected chi connectivity index (χ1v) is 7.86. The maximum Gasteiger partial charge on any atom is 0.274 e. The molecule has 0 radical (unpaired) electrons. The molecule has 0 spiro atoms. The number of nitrogens with zero attached hydrogens (tertiary/aromatic N) is 3. The Kier molecular flexibility index (Phi) is 4.36. The molecule has 1 aromatic heterocycles. The Balaban J connectivity index is 1.89. The molecule has 5 nitrogen and oxygen atoms in total. The van der Waals surface area contributed by atoms with Crippen molar-refractivity contribution >= 4 is 5.91 Å². The molecule has 1 aliphatic rings. The van der Waals surface area contributed by atoms with Crippen LogP contribution in [0.5, 0.6) is 0 Å². The fourth-order valence-corrected chi connectivity index (χ4v) is 2.96. The van der Waals surface area contributed by atoms with Gasteiger partial charge in [-0.1, -0.05) is 6.07 Å². The highest BCUT2D eigenvalue weighted by Crippen LogP contribution is 2.33. The van der Waals surface area contributed by atoms with E-state index in [0.717, 1.165) is 12.1 Å². The summed E-state index contributed by atoms with van der Waals surface area (Å²) >= 11 is 0. The number of hydrogen-bond donors (Lipinski definition) is 1. The summed E-state index contributed by atoms with van der Waals surface area (Å²) in [6.07, 6.45) is 1.29. The van der Waals surface area contributed by atoms with Gasteiger partial charge in [-0.05, 0) is 44.0 Å².